The highest BCUT2D eigenvalue weighted by Crippen LogP contribution is 2.32. The largest absolute Gasteiger partial charge is 0.394 e. The Morgan fingerprint density at radius 3 is 1.83 bits per heavy atom. The number of aliphatic hydroxyl groups excluding tert-OH is 13. The van der Waals surface area contributed by atoms with Crippen LogP contribution in [0, 0.1) is 0 Å². The first-order chi connectivity index (χ1) is 22.1. The molecule has 3 aliphatic rings. The van der Waals surface area contributed by atoms with Crippen LogP contribution in [0.5, 0.6) is 0 Å². The molecular formula is C26H47NO20. The zero-order valence-corrected chi connectivity index (χ0v) is 25.5. The molecule has 3 saturated heterocycles. The Morgan fingerprint density at radius 2 is 1.26 bits per heavy atom. The standard InChI is InChI=1S/C26H47NO20/c1-7-14(34)23(47-24-13(27-8(2)31)18(38)17(37)11(4-29)44-24)21(41)26(43-7)46-22-12(5-30)45-25(20(40)19(22)39)42-6-10(33)16(36)15(35)9(32)3-28/h7,9-26,28-30,32-41H,3-6H2,1-2H3,(H,27,31)/t7-,9+,10-,11-,12-,13-,14-,15-,16+,17+,18-,19-,20-,21+,22-,23+,24-,25-,26+/m1/s1. The molecule has 0 aromatic carbocycles. The van der Waals surface area contributed by atoms with E-state index in [2.05, 4.69) is 5.32 Å². The van der Waals surface area contributed by atoms with Crippen molar-refractivity contribution in [3.8, 4) is 0 Å². The van der Waals surface area contributed by atoms with Crippen LogP contribution in [0.4, 0.5) is 0 Å². The van der Waals surface area contributed by atoms with Gasteiger partial charge in [-0.2, -0.15) is 0 Å². The summed E-state index contributed by atoms with van der Waals surface area (Å²) in [5.41, 5.74) is 0. The summed E-state index contributed by atoms with van der Waals surface area (Å²) < 4.78 is 33.2. The molecule has 0 spiro atoms. The second-order valence-corrected chi connectivity index (χ2v) is 11.7. The average molecular weight is 694 g/mol. The highest BCUT2D eigenvalue weighted by atomic mass is 16.8. The summed E-state index contributed by atoms with van der Waals surface area (Å²) in [4.78, 5) is 11.8. The summed E-state index contributed by atoms with van der Waals surface area (Å²) in [5, 5.41) is 134. The zero-order valence-electron chi connectivity index (χ0n) is 25.5. The van der Waals surface area contributed by atoms with E-state index in [0.29, 0.717) is 0 Å². The smallest absolute Gasteiger partial charge is 0.217 e. The highest BCUT2D eigenvalue weighted by Gasteiger charge is 2.53. The summed E-state index contributed by atoms with van der Waals surface area (Å²) in [6, 6.07) is -1.43. The maximum Gasteiger partial charge on any atom is 0.217 e. The van der Waals surface area contributed by atoms with Crippen LogP contribution >= 0.6 is 0 Å². The Labute approximate surface area is 268 Å². The molecule has 3 aliphatic heterocycles. The van der Waals surface area contributed by atoms with Gasteiger partial charge in [-0.3, -0.25) is 4.79 Å². The number of aliphatic hydroxyl groups is 13. The van der Waals surface area contributed by atoms with Crippen molar-refractivity contribution in [2.75, 3.05) is 26.4 Å². The van der Waals surface area contributed by atoms with E-state index in [4.69, 9.17) is 33.5 Å². The lowest BCUT2D eigenvalue weighted by Crippen LogP contribution is -2.68. The minimum Gasteiger partial charge on any atom is -0.394 e. The molecular weight excluding hydrogens is 646 g/mol. The molecule has 3 fully saturated rings. The van der Waals surface area contributed by atoms with Gasteiger partial charge in [0.2, 0.25) is 5.91 Å². The van der Waals surface area contributed by atoms with E-state index in [9.17, 15) is 66.1 Å². The third-order valence-corrected chi connectivity index (χ3v) is 8.19. The van der Waals surface area contributed by atoms with Gasteiger partial charge in [-0.25, -0.2) is 0 Å². The van der Waals surface area contributed by atoms with Crippen molar-refractivity contribution in [1.82, 2.24) is 5.32 Å². The molecule has 0 bridgehead atoms. The number of rotatable bonds is 14. The highest BCUT2D eigenvalue weighted by molar-refractivity contribution is 5.73. The Bertz CT molecular complexity index is 965. The van der Waals surface area contributed by atoms with Gasteiger partial charge in [0.15, 0.2) is 18.9 Å². The first kappa shape index (κ1) is 40.1. The lowest BCUT2D eigenvalue weighted by molar-refractivity contribution is -0.373. The maximum atomic E-state index is 11.8. The minimum atomic E-state index is -2.00. The summed E-state index contributed by atoms with van der Waals surface area (Å²) >= 11 is 0. The van der Waals surface area contributed by atoms with Crippen molar-refractivity contribution in [3.63, 3.8) is 0 Å². The molecule has 3 rings (SSSR count). The van der Waals surface area contributed by atoms with Crippen LogP contribution in [0.2, 0.25) is 0 Å². The van der Waals surface area contributed by atoms with Crippen LogP contribution in [0.15, 0.2) is 0 Å². The van der Waals surface area contributed by atoms with Crippen molar-refractivity contribution in [2.24, 2.45) is 0 Å². The number of nitrogens with one attached hydrogen (secondary N) is 1. The lowest BCUT2D eigenvalue weighted by atomic mass is 9.95. The summed E-state index contributed by atoms with van der Waals surface area (Å²) in [6.45, 7) is -0.904. The zero-order chi connectivity index (χ0) is 35.3. The van der Waals surface area contributed by atoms with E-state index in [1.54, 1.807) is 0 Å². The van der Waals surface area contributed by atoms with Gasteiger partial charge in [-0.15, -0.1) is 0 Å². The minimum absolute atomic E-state index is 0.658. The summed E-state index contributed by atoms with van der Waals surface area (Å²) in [6.07, 6.45) is -30.7. The van der Waals surface area contributed by atoms with Crippen molar-refractivity contribution < 1.29 is 99.6 Å². The van der Waals surface area contributed by atoms with Crippen LogP contribution in [0.3, 0.4) is 0 Å². The van der Waals surface area contributed by atoms with Crippen LogP contribution in [-0.4, -0.2) is 215 Å². The summed E-state index contributed by atoms with van der Waals surface area (Å²) in [5.74, 6) is -0.658. The normalized spacial score (nSPS) is 43.9. The third-order valence-electron chi connectivity index (χ3n) is 8.19. The number of carbonyl (C=O) groups excluding carboxylic acids is 1. The third kappa shape index (κ3) is 9.29. The first-order valence-corrected chi connectivity index (χ1v) is 14.9. The SMILES string of the molecule is CC(=O)N[C@H]1[C@@H](O[C@@H]2[C@H](O)[C@H](O[C@H]3[C@H](O)[C@@H](O)[C@H](OC[C@@H](O)[C@H](O)[C@H](O)[C@@H](O)CO)O[C@@H]3CO)O[C@H](C)[C@H]2O)O[C@H](CO)[C@H](O)[C@@H]1O. The predicted molar refractivity (Wildman–Crippen MR) is 146 cm³/mol. The molecule has 0 aromatic heterocycles. The van der Waals surface area contributed by atoms with E-state index in [1.807, 2.05) is 0 Å². The van der Waals surface area contributed by atoms with Gasteiger partial charge in [-0.05, 0) is 6.92 Å². The van der Waals surface area contributed by atoms with Gasteiger partial charge in [0.05, 0.1) is 32.5 Å². The summed E-state index contributed by atoms with van der Waals surface area (Å²) in [7, 11) is 0. The molecule has 3 heterocycles. The Balaban J connectivity index is 1.71. The van der Waals surface area contributed by atoms with Gasteiger partial charge >= 0.3 is 0 Å². The predicted octanol–water partition coefficient (Wildman–Crippen LogP) is -8.94. The number of carbonyl (C=O) groups is 1. The Kier molecular flexibility index (Phi) is 15.0. The quantitative estimate of drug-likeness (QED) is 0.0803. The number of hydrogen-bond donors (Lipinski definition) is 14. The van der Waals surface area contributed by atoms with Gasteiger partial charge in [-0.1, -0.05) is 0 Å². The fourth-order valence-electron chi connectivity index (χ4n) is 5.38. The average Bonchev–Trinajstić information content (AvgIpc) is 3.04. The van der Waals surface area contributed by atoms with E-state index >= 15 is 0 Å². The molecule has 0 saturated carbocycles. The topological polar surface area (TPSA) is 347 Å². The molecule has 47 heavy (non-hydrogen) atoms. The van der Waals surface area contributed by atoms with Gasteiger partial charge in [0.1, 0.15) is 91.5 Å². The molecule has 1 amide bonds. The maximum absolute atomic E-state index is 11.8. The number of ether oxygens (including phenoxy) is 6. The fourth-order valence-corrected chi connectivity index (χ4v) is 5.38. The second kappa shape index (κ2) is 17.6. The lowest BCUT2D eigenvalue weighted by Gasteiger charge is -2.48. The van der Waals surface area contributed by atoms with E-state index < -0.39 is 149 Å². The van der Waals surface area contributed by atoms with E-state index in [1.165, 1.54) is 6.92 Å². The van der Waals surface area contributed by atoms with Crippen LogP contribution in [0.1, 0.15) is 13.8 Å². The second-order valence-electron chi connectivity index (χ2n) is 11.7. The first-order valence-electron chi connectivity index (χ1n) is 14.9. The molecule has 276 valence electrons. The molecule has 0 aliphatic carbocycles. The van der Waals surface area contributed by atoms with Crippen LogP contribution < -0.4 is 5.32 Å². The molecule has 0 aromatic rings. The van der Waals surface area contributed by atoms with Crippen LogP contribution in [0.25, 0.3) is 0 Å². The van der Waals surface area contributed by atoms with Crippen molar-refractivity contribution in [2.45, 2.75) is 130 Å². The Hall–Kier alpha value is -1.29. The molecule has 21 nitrogen and oxygen atoms in total. The molecule has 0 radical (unpaired) electrons. The molecule has 21 heteroatoms. The van der Waals surface area contributed by atoms with Gasteiger partial charge in [0.25, 0.3) is 0 Å². The van der Waals surface area contributed by atoms with Crippen LogP contribution in [-0.2, 0) is 33.2 Å². The number of hydrogen-bond acceptors (Lipinski definition) is 20. The Morgan fingerprint density at radius 1 is 0.681 bits per heavy atom. The van der Waals surface area contributed by atoms with Crippen molar-refractivity contribution in [1.29, 1.82) is 0 Å². The molecule has 0 unspecified atom stereocenters. The van der Waals surface area contributed by atoms with Gasteiger partial charge in [0, 0.05) is 6.92 Å². The molecule has 14 N–H and O–H groups in total. The fraction of sp³-hybridized carbons (Fsp3) is 0.962. The van der Waals surface area contributed by atoms with Crippen molar-refractivity contribution >= 4 is 5.91 Å². The van der Waals surface area contributed by atoms with Crippen molar-refractivity contribution in [3.05, 3.63) is 0 Å². The monoisotopic (exact) mass is 693 g/mol. The van der Waals surface area contributed by atoms with Gasteiger partial charge < -0.3 is 100 Å². The van der Waals surface area contributed by atoms with E-state index in [0.717, 1.165) is 6.92 Å². The number of amides is 1. The molecule has 19 atom stereocenters. The van der Waals surface area contributed by atoms with E-state index in [-0.39, 0.29) is 0 Å².